The first-order valence-corrected chi connectivity index (χ1v) is 10.6. The summed E-state index contributed by atoms with van der Waals surface area (Å²) in [7, 11) is -3.49. The van der Waals surface area contributed by atoms with Gasteiger partial charge < -0.3 is 10.2 Å². The number of nitrogens with one attached hydrogen (secondary N) is 2. The molecule has 2 aliphatic rings. The zero-order chi connectivity index (χ0) is 17.9. The summed E-state index contributed by atoms with van der Waals surface area (Å²) in [6, 6.07) is 6.32. The molecule has 1 aromatic carbocycles. The summed E-state index contributed by atoms with van der Waals surface area (Å²) in [5.41, 5.74) is 0.614. The Kier molecular flexibility index (Phi) is 5.64. The summed E-state index contributed by atoms with van der Waals surface area (Å²) >= 11 is 0. The van der Waals surface area contributed by atoms with Crippen LogP contribution in [0.4, 0.5) is 10.5 Å². The van der Waals surface area contributed by atoms with Crippen molar-refractivity contribution < 1.29 is 13.2 Å². The van der Waals surface area contributed by atoms with E-state index >= 15 is 0 Å². The Labute approximate surface area is 150 Å². The van der Waals surface area contributed by atoms with Crippen molar-refractivity contribution in [3.8, 4) is 0 Å². The second kappa shape index (κ2) is 7.74. The molecule has 0 bridgehead atoms. The van der Waals surface area contributed by atoms with Crippen LogP contribution in [0.15, 0.2) is 29.2 Å². The third-order valence-electron chi connectivity index (χ3n) is 5.04. The number of rotatable bonds is 4. The summed E-state index contributed by atoms with van der Waals surface area (Å²) in [6.45, 7) is 3.69. The van der Waals surface area contributed by atoms with Gasteiger partial charge in [0.05, 0.1) is 4.90 Å². The lowest BCUT2D eigenvalue weighted by Crippen LogP contribution is -2.41. The van der Waals surface area contributed by atoms with Crippen molar-refractivity contribution in [2.75, 3.05) is 18.4 Å². The number of hydrogen-bond acceptors (Lipinski definition) is 3. The van der Waals surface area contributed by atoms with Crippen molar-refractivity contribution in [1.29, 1.82) is 0 Å². The SMILES string of the molecule is C[C@H]1CCCN(C(=O)Nc2ccc(S(=O)(=O)NC3CCCC3)cc2)C1. The maximum Gasteiger partial charge on any atom is 0.321 e. The van der Waals surface area contributed by atoms with Crippen LogP contribution in [0.2, 0.25) is 0 Å². The van der Waals surface area contributed by atoms with E-state index in [1.54, 1.807) is 24.3 Å². The zero-order valence-electron chi connectivity index (χ0n) is 14.7. The normalized spacial score (nSPS) is 22.1. The van der Waals surface area contributed by atoms with Gasteiger partial charge >= 0.3 is 6.03 Å². The van der Waals surface area contributed by atoms with Gasteiger partial charge in [-0.15, -0.1) is 0 Å². The fraction of sp³-hybridized carbons (Fsp3) is 0.611. The summed E-state index contributed by atoms with van der Waals surface area (Å²) in [5, 5.41) is 2.86. The summed E-state index contributed by atoms with van der Waals surface area (Å²) in [4.78, 5) is 14.4. The number of sulfonamides is 1. The molecule has 0 radical (unpaired) electrons. The number of nitrogens with zero attached hydrogens (tertiary/aromatic N) is 1. The van der Waals surface area contributed by atoms with E-state index < -0.39 is 10.0 Å². The third-order valence-corrected chi connectivity index (χ3v) is 6.57. The molecule has 0 spiro atoms. The Morgan fingerprint density at radius 2 is 1.76 bits per heavy atom. The highest BCUT2D eigenvalue weighted by molar-refractivity contribution is 7.89. The Bertz CT molecular complexity index is 697. The molecular formula is C18H27N3O3S. The number of anilines is 1. The zero-order valence-corrected chi connectivity index (χ0v) is 15.5. The number of hydrogen-bond donors (Lipinski definition) is 2. The van der Waals surface area contributed by atoms with Crippen molar-refractivity contribution in [2.24, 2.45) is 5.92 Å². The first kappa shape index (κ1) is 18.2. The molecule has 1 saturated carbocycles. The predicted octanol–water partition coefficient (Wildman–Crippen LogP) is 3.17. The molecule has 138 valence electrons. The molecule has 7 heteroatoms. The summed E-state index contributed by atoms with van der Waals surface area (Å²) < 4.78 is 27.6. The minimum atomic E-state index is -3.49. The number of carbonyl (C=O) groups excluding carboxylic acids is 1. The molecule has 3 rings (SSSR count). The van der Waals surface area contributed by atoms with Crippen LogP contribution in [0.5, 0.6) is 0 Å². The molecule has 2 amide bonds. The van der Waals surface area contributed by atoms with Gasteiger partial charge in [-0.3, -0.25) is 0 Å². The molecule has 1 saturated heterocycles. The molecule has 1 aromatic rings. The highest BCUT2D eigenvalue weighted by Gasteiger charge is 2.23. The largest absolute Gasteiger partial charge is 0.324 e. The standard InChI is InChI=1S/C18H27N3O3S/c1-14-5-4-12-21(13-14)18(22)19-15-8-10-17(11-9-15)25(23,24)20-16-6-2-3-7-16/h8-11,14,16,20H,2-7,12-13H2,1H3,(H,19,22)/t14-/m0/s1. The Morgan fingerprint density at radius 3 is 2.40 bits per heavy atom. The van der Waals surface area contributed by atoms with Gasteiger partial charge in [-0.1, -0.05) is 19.8 Å². The van der Waals surface area contributed by atoms with E-state index in [1.165, 1.54) is 0 Å². The van der Waals surface area contributed by atoms with Crippen LogP contribution in [-0.4, -0.2) is 38.5 Å². The van der Waals surface area contributed by atoms with Crippen LogP contribution < -0.4 is 10.0 Å². The van der Waals surface area contributed by atoms with Crippen LogP contribution in [-0.2, 0) is 10.0 Å². The Hall–Kier alpha value is -1.60. The monoisotopic (exact) mass is 365 g/mol. The van der Waals surface area contributed by atoms with Gasteiger partial charge in [-0.05, 0) is 55.9 Å². The van der Waals surface area contributed by atoms with Gasteiger partial charge in [0.25, 0.3) is 0 Å². The fourth-order valence-corrected chi connectivity index (χ4v) is 4.93. The average molecular weight is 365 g/mol. The third kappa shape index (κ3) is 4.73. The van der Waals surface area contributed by atoms with E-state index in [0.717, 1.165) is 51.6 Å². The molecular weight excluding hydrogens is 338 g/mol. The lowest BCUT2D eigenvalue weighted by Gasteiger charge is -2.30. The van der Waals surface area contributed by atoms with Crippen molar-refractivity contribution in [1.82, 2.24) is 9.62 Å². The Morgan fingerprint density at radius 1 is 1.08 bits per heavy atom. The quantitative estimate of drug-likeness (QED) is 0.860. The number of carbonyl (C=O) groups is 1. The number of benzene rings is 1. The highest BCUT2D eigenvalue weighted by atomic mass is 32.2. The van der Waals surface area contributed by atoms with Crippen molar-refractivity contribution >= 4 is 21.7 Å². The van der Waals surface area contributed by atoms with Gasteiger partial charge in [0.2, 0.25) is 10.0 Å². The van der Waals surface area contributed by atoms with Gasteiger partial charge in [0.15, 0.2) is 0 Å². The van der Waals surface area contributed by atoms with Gasteiger partial charge in [0, 0.05) is 24.8 Å². The first-order valence-electron chi connectivity index (χ1n) is 9.12. The summed E-state index contributed by atoms with van der Waals surface area (Å²) in [6.07, 6.45) is 6.15. The van der Waals surface area contributed by atoms with E-state index in [-0.39, 0.29) is 17.0 Å². The topological polar surface area (TPSA) is 78.5 Å². The van der Waals surface area contributed by atoms with E-state index in [4.69, 9.17) is 0 Å². The van der Waals surface area contributed by atoms with E-state index in [1.807, 2.05) is 4.90 Å². The second-order valence-electron chi connectivity index (χ2n) is 7.25. The minimum absolute atomic E-state index is 0.0467. The second-order valence-corrected chi connectivity index (χ2v) is 8.96. The molecule has 25 heavy (non-hydrogen) atoms. The van der Waals surface area contributed by atoms with E-state index in [0.29, 0.717) is 11.6 Å². The molecule has 2 N–H and O–H groups in total. The molecule has 1 atom stereocenters. The maximum absolute atomic E-state index is 12.4. The van der Waals surface area contributed by atoms with Crippen LogP contribution in [0, 0.1) is 5.92 Å². The van der Waals surface area contributed by atoms with Crippen molar-refractivity contribution in [2.45, 2.75) is 56.4 Å². The summed E-state index contributed by atoms with van der Waals surface area (Å²) in [5.74, 6) is 0.522. The molecule has 2 fully saturated rings. The number of urea groups is 1. The van der Waals surface area contributed by atoms with Crippen LogP contribution in [0.25, 0.3) is 0 Å². The van der Waals surface area contributed by atoms with E-state index in [9.17, 15) is 13.2 Å². The van der Waals surface area contributed by atoms with E-state index in [2.05, 4.69) is 17.0 Å². The predicted molar refractivity (Wildman–Crippen MR) is 98.0 cm³/mol. The lowest BCUT2D eigenvalue weighted by atomic mass is 10.0. The average Bonchev–Trinajstić information content (AvgIpc) is 3.07. The highest BCUT2D eigenvalue weighted by Crippen LogP contribution is 2.22. The minimum Gasteiger partial charge on any atom is -0.324 e. The Balaban J connectivity index is 1.60. The molecule has 1 aliphatic heterocycles. The number of piperidine rings is 1. The molecule has 1 aliphatic carbocycles. The van der Waals surface area contributed by atoms with Crippen molar-refractivity contribution in [3.05, 3.63) is 24.3 Å². The van der Waals surface area contributed by atoms with Gasteiger partial charge in [0.1, 0.15) is 0 Å². The molecule has 0 unspecified atom stereocenters. The smallest absolute Gasteiger partial charge is 0.321 e. The first-order chi connectivity index (χ1) is 11.9. The van der Waals surface area contributed by atoms with Crippen molar-refractivity contribution in [3.63, 3.8) is 0 Å². The number of likely N-dealkylation sites (tertiary alicyclic amines) is 1. The molecule has 1 heterocycles. The van der Waals surface area contributed by atoms with Crippen LogP contribution >= 0.6 is 0 Å². The van der Waals surface area contributed by atoms with Crippen LogP contribution in [0.1, 0.15) is 45.4 Å². The molecule has 6 nitrogen and oxygen atoms in total. The number of amides is 2. The fourth-order valence-electron chi connectivity index (χ4n) is 3.62. The van der Waals surface area contributed by atoms with Crippen LogP contribution in [0.3, 0.4) is 0 Å². The van der Waals surface area contributed by atoms with Gasteiger partial charge in [-0.2, -0.15) is 0 Å². The van der Waals surface area contributed by atoms with Gasteiger partial charge in [-0.25, -0.2) is 17.9 Å². The lowest BCUT2D eigenvalue weighted by molar-refractivity contribution is 0.182. The maximum atomic E-state index is 12.4. The molecule has 0 aromatic heterocycles.